The van der Waals surface area contributed by atoms with Crippen LogP contribution in [0.15, 0.2) is 79.1 Å². The smallest absolute Gasteiger partial charge is 0.293 e. The van der Waals surface area contributed by atoms with E-state index in [1.165, 1.54) is 43.3 Å². The highest BCUT2D eigenvalue weighted by molar-refractivity contribution is 6.01. The number of nitrogens with zero attached hydrogens (tertiary/aromatic N) is 4. The van der Waals surface area contributed by atoms with Gasteiger partial charge in [-0.15, -0.1) is 0 Å². The molecule has 0 bridgehead atoms. The number of hydrogen-bond acceptors (Lipinski definition) is 8. The van der Waals surface area contributed by atoms with Crippen LogP contribution in [-0.4, -0.2) is 59.1 Å². The van der Waals surface area contributed by atoms with Gasteiger partial charge in [0.15, 0.2) is 23.1 Å². The van der Waals surface area contributed by atoms with Gasteiger partial charge in [-0.05, 0) is 86.9 Å². The van der Waals surface area contributed by atoms with E-state index in [2.05, 4.69) is 25.2 Å². The number of nitrogens with one attached hydrogen (secondary N) is 1. The summed E-state index contributed by atoms with van der Waals surface area (Å²) in [6.45, 7) is 3.84. The summed E-state index contributed by atoms with van der Waals surface area (Å²) in [5.41, 5.74) is 1.87. The summed E-state index contributed by atoms with van der Waals surface area (Å²) in [4.78, 5) is 28.0. The lowest BCUT2D eigenvalue weighted by atomic mass is 10.1. The highest BCUT2D eigenvalue weighted by Gasteiger charge is 2.17. The Kier molecular flexibility index (Phi) is 9.06. The number of likely N-dealkylation sites (tertiary alicyclic amines) is 1. The third-order valence-electron chi connectivity index (χ3n) is 7.47. The average Bonchev–Trinajstić information content (AvgIpc) is 3.58. The topological polar surface area (TPSA) is 98.7 Å². The van der Waals surface area contributed by atoms with Gasteiger partial charge in [-0.2, -0.15) is 0 Å². The van der Waals surface area contributed by atoms with Crippen LogP contribution in [0, 0.1) is 11.6 Å². The van der Waals surface area contributed by atoms with Gasteiger partial charge in [-0.25, -0.2) is 18.7 Å². The number of anilines is 1. The molecule has 5 aromatic rings. The van der Waals surface area contributed by atoms with Crippen molar-refractivity contribution in [2.45, 2.75) is 19.3 Å². The Bertz CT molecular complexity index is 1810. The van der Waals surface area contributed by atoms with E-state index in [0.29, 0.717) is 46.0 Å². The second-order valence-corrected chi connectivity index (χ2v) is 10.6. The first kappa shape index (κ1) is 29.9. The fourth-order valence-electron chi connectivity index (χ4n) is 5.18. The Balaban J connectivity index is 1.14. The minimum absolute atomic E-state index is 0.0451. The van der Waals surface area contributed by atoms with Crippen molar-refractivity contribution in [1.29, 1.82) is 0 Å². The van der Waals surface area contributed by atoms with Crippen LogP contribution in [0.2, 0.25) is 0 Å². The second-order valence-electron chi connectivity index (χ2n) is 10.6. The van der Waals surface area contributed by atoms with Crippen LogP contribution in [0.4, 0.5) is 14.5 Å². The number of aromatic nitrogens is 3. The SMILES string of the molecule is COc1cc2c(Oc3ccc(NC(=O)c4nccc(-c5ccc(F)cc5)n4)cc3F)ccnc2cc1OCCCN1CCCC1. The van der Waals surface area contributed by atoms with Crippen molar-refractivity contribution in [3.8, 4) is 34.3 Å². The zero-order chi connectivity index (χ0) is 31.2. The number of benzene rings is 3. The zero-order valence-electron chi connectivity index (χ0n) is 24.6. The van der Waals surface area contributed by atoms with Crippen molar-refractivity contribution >= 4 is 22.5 Å². The van der Waals surface area contributed by atoms with E-state index in [-0.39, 0.29) is 23.1 Å². The lowest BCUT2D eigenvalue weighted by Crippen LogP contribution is -2.21. The molecule has 1 fully saturated rings. The summed E-state index contributed by atoms with van der Waals surface area (Å²) >= 11 is 0. The van der Waals surface area contributed by atoms with E-state index in [0.717, 1.165) is 32.1 Å². The van der Waals surface area contributed by atoms with E-state index in [4.69, 9.17) is 14.2 Å². The van der Waals surface area contributed by atoms with Crippen LogP contribution in [0.1, 0.15) is 29.9 Å². The molecule has 1 N–H and O–H groups in total. The fraction of sp³-hybridized carbons (Fsp3) is 0.235. The van der Waals surface area contributed by atoms with Gasteiger partial charge in [0.05, 0.1) is 24.9 Å². The van der Waals surface area contributed by atoms with Gasteiger partial charge in [0.2, 0.25) is 5.82 Å². The Hall–Kier alpha value is -5.16. The molecule has 11 heteroatoms. The minimum Gasteiger partial charge on any atom is -0.493 e. The first-order valence-corrected chi connectivity index (χ1v) is 14.7. The predicted molar refractivity (Wildman–Crippen MR) is 166 cm³/mol. The van der Waals surface area contributed by atoms with Gasteiger partial charge in [0.25, 0.3) is 5.91 Å². The average molecular weight is 612 g/mol. The molecule has 3 heterocycles. The number of halogens is 2. The molecule has 2 aromatic heterocycles. The van der Waals surface area contributed by atoms with Gasteiger partial charge >= 0.3 is 0 Å². The summed E-state index contributed by atoms with van der Waals surface area (Å²) in [6, 6.07) is 16.6. The summed E-state index contributed by atoms with van der Waals surface area (Å²) in [5, 5.41) is 3.22. The first-order valence-electron chi connectivity index (χ1n) is 14.7. The largest absolute Gasteiger partial charge is 0.493 e. The van der Waals surface area contributed by atoms with Crippen LogP contribution in [-0.2, 0) is 0 Å². The quantitative estimate of drug-likeness (QED) is 0.161. The van der Waals surface area contributed by atoms with Crippen molar-refractivity contribution in [3.63, 3.8) is 0 Å². The Morgan fingerprint density at radius 3 is 2.47 bits per heavy atom. The predicted octanol–water partition coefficient (Wildman–Crippen LogP) is 6.89. The maximum Gasteiger partial charge on any atom is 0.293 e. The van der Waals surface area contributed by atoms with Gasteiger partial charge in [0, 0.05) is 47.7 Å². The lowest BCUT2D eigenvalue weighted by molar-refractivity contribution is 0.101. The highest BCUT2D eigenvalue weighted by atomic mass is 19.1. The molecule has 45 heavy (non-hydrogen) atoms. The van der Waals surface area contributed by atoms with Gasteiger partial charge in [-0.3, -0.25) is 9.78 Å². The Morgan fingerprint density at radius 2 is 1.69 bits per heavy atom. The minimum atomic E-state index is -0.691. The molecule has 230 valence electrons. The van der Waals surface area contributed by atoms with E-state index < -0.39 is 11.7 Å². The van der Waals surface area contributed by atoms with Gasteiger partial charge < -0.3 is 24.4 Å². The normalized spacial score (nSPS) is 13.1. The molecule has 1 aliphatic rings. The van der Waals surface area contributed by atoms with Gasteiger partial charge in [-0.1, -0.05) is 0 Å². The molecule has 1 aliphatic heterocycles. The Labute approximate surface area is 258 Å². The molecule has 1 saturated heterocycles. The molecule has 0 atom stereocenters. The number of carbonyl (C=O) groups is 1. The van der Waals surface area contributed by atoms with Gasteiger partial charge in [0.1, 0.15) is 11.6 Å². The summed E-state index contributed by atoms with van der Waals surface area (Å²) in [5.74, 6) is -0.395. The summed E-state index contributed by atoms with van der Waals surface area (Å²) < 4.78 is 46.1. The molecule has 6 rings (SSSR count). The van der Waals surface area contributed by atoms with Crippen LogP contribution < -0.4 is 19.5 Å². The van der Waals surface area contributed by atoms with Crippen molar-refractivity contribution < 1.29 is 27.8 Å². The van der Waals surface area contributed by atoms with Crippen LogP contribution >= 0.6 is 0 Å². The molecule has 0 unspecified atom stereocenters. The van der Waals surface area contributed by atoms with E-state index >= 15 is 4.39 Å². The van der Waals surface area contributed by atoms with E-state index in [1.54, 1.807) is 49.7 Å². The number of carbonyl (C=O) groups excluding carboxylic acids is 1. The Morgan fingerprint density at radius 1 is 0.889 bits per heavy atom. The summed E-state index contributed by atoms with van der Waals surface area (Å²) in [7, 11) is 1.56. The van der Waals surface area contributed by atoms with Crippen molar-refractivity contribution in [2.24, 2.45) is 0 Å². The van der Waals surface area contributed by atoms with Crippen LogP contribution in [0.3, 0.4) is 0 Å². The molecule has 0 radical (unpaired) electrons. The molecule has 0 saturated carbocycles. The van der Waals surface area contributed by atoms with Crippen LogP contribution in [0.25, 0.3) is 22.2 Å². The monoisotopic (exact) mass is 611 g/mol. The number of hydrogen-bond donors (Lipinski definition) is 1. The second kappa shape index (κ2) is 13.6. The third-order valence-corrected chi connectivity index (χ3v) is 7.47. The number of amides is 1. The number of pyridine rings is 1. The number of rotatable bonds is 11. The number of ether oxygens (including phenoxy) is 3. The molecular formula is C34H31F2N5O4. The highest BCUT2D eigenvalue weighted by Crippen LogP contribution is 2.38. The summed E-state index contributed by atoms with van der Waals surface area (Å²) in [6.07, 6.45) is 6.42. The van der Waals surface area contributed by atoms with Crippen molar-refractivity contribution in [3.05, 3.63) is 96.6 Å². The molecule has 3 aromatic carbocycles. The third kappa shape index (κ3) is 7.15. The fourth-order valence-corrected chi connectivity index (χ4v) is 5.18. The molecule has 0 spiro atoms. The zero-order valence-corrected chi connectivity index (χ0v) is 24.6. The lowest BCUT2D eigenvalue weighted by Gasteiger charge is -2.16. The number of methoxy groups -OCH3 is 1. The van der Waals surface area contributed by atoms with Crippen molar-refractivity contribution in [2.75, 3.05) is 38.7 Å². The molecular weight excluding hydrogens is 580 g/mol. The maximum absolute atomic E-state index is 15.2. The standard InChI is InChI=1S/C34H31F2N5O4/c1-43-31-20-25-28(21-32(31)44-18-4-17-41-15-2-3-16-41)37-14-12-29(25)45-30-10-9-24(19-26(30)36)39-34(42)33-38-13-11-27(40-33)22-5-7-23(35)8-6-22/h5-14,19-21H,2-4,15-18H2,1H3,(H,39,42). The van der Waals surface area contributed by atoms with Crippen LogP contribution in [0.5, 0.6) is 23.0 Å². The molecule has 0 aliphatic carbocycles. The maximum atomic E-state index is 15.2. The van der Waals surface area contributed by atoms with E-state index in [1.807, 2.05) is 0 Å². The molecule has 1 amide bonds. The van der Waals surface area contributed by atoms with E-state index in [9.17, 15) is 9.18 Å². The first-order chi connectivity index (χ1) is 22.0. The van der Waals surface area contributed by atoms with Crippen molar-refractivity contribution in [1.82, 2.24) is 19.9 Å². The molecule has 9 nitrogen and oxygen atoms in total. The number of fused-ring (bicyclic) bond motifs is 1.